The van der Waals surface area contributed by atoms with Crippen LogP contribution in [0.1, 0.15) is 18.1 Å². The first kappa shape index (κ1) is 17.8. The number of hydrogen-bond acceptors (Lipinski definition) is 3. The molecule has 0 aliphatic carbocycles. The fourth-order valence-electron chi connectivity index (χ4n) is 3.34. The molecule has 0 radical (unpaired) electrons. The standard InChI is InChI=1S/C20H24ClN3O/c1-4-24-13-15-8-6-5-7-14(15)11-19(24)20(25)22-16-9-10-18(23(2)3)17(21)12-16/h5-10,12,19H,4,11,13H2,1-3H3,(H,22,25). The molecule has 5 heteroatoms. The fourth-order valence-corrected chi connectivity index (χ4v) is 3.69. The number of halogens is 1. The van der Waals surface area contributed by atoms with Gasteiger partial charge in [0.05, 0.1) is 16.8 Å². The third-order valence-electron chi connectivity index (χ3n) is 4.75. The van der Waals surface area contributed by atoms with Gasteiger partial charge in [0.15, 0.2) is 0 Å². The summed E-state index contributed by atoms with van der Waals surface area (Å²) in [6.07, 6.45) is 0.735. The van der Waals surface area contributed by atoms with Gasteiger partial charge in [0.25, 0.3) is 0 Å². The molecule has 1 N–H and O–H groups in total. The lowest BCUT2D eigenvalue weighted by Gasteiger charge is -2.35. The van der Waals surface area contributed by atoms with Gasteiger partial charge in [-0.1, -0.05) is 42.8 Å². The van der Waals surface area contributed by atoms with Crippen LogP contribution in [-0.4, -0.2) is 37.5 Å². The average molecular weight is 358 g/mol. The predicted molar refractivity (Wildman–Crippen MR) is 104 cm³/mol. The van der Waals surface area contributed by atoms with Crippen LogP contribution in [0.2, 0.25) is 5.02 Å². The molecule has 0 fully saturated rings. The van der Waals surface area contributed by atoms with Crippen LogP contribution >= 0.6 is 11.6 Å². The molecule has 0 spiro atoms. The number of anilines is 2. The Morgan fingerprint density at radius 3 is 2.60 bits per heavy atom. The van der Waals surface area contributed by atoms with Crippen LogP contribution in [0, 0.1) is 0 Å². The number of nitrogens with one attached hydrogen (secondary N) is 1. The molecule has 1 unspecified atom stereocenters. The van der Waals surface area contributed by atoms with Crippen LogP contribution in [0.4, 0.5) is 11.4 Å². The minimum absolute atomic E-state index is 0.0185. The Morgan fingerprint density at radius 1 is 1.24 bits per heavy atom. The molecular formula is C20H24ClN3O. The molecule has 0 saturated carbocycles. The molecule has 4 nitrogen and oxygen atoms in total. The second-order valence-electron chi connectivity index (χ2n) is 6.60. The van der Waals surface area contributed by atoms with Gasteiger partial charge >= 0.3 is 0 Å². The molecule has 1 atom stereocenters. The van der Waals surface area contributed by atoms with Crippen LogP contribution in [0.5, 0.6) is 0 Å². The summed E-state index contributed by atoms with van der Waals surface area (Å²) in [5.74, 6) is 0.0185. The second kappa shape index (κ2) is 7.46. The van der Waals surface area contributed by atoms with E-state index in [2.05, 4.69) is 35.3 Å². The Kier molecular flexibility index (Phi) is 5.30. The van der Waals surface area contributed by atoms with Gasteiger partial charge in [0.2, 0.25) is 5.91 Å². The number of fused-ring (bicyclic) bond motifs is 1. The number of rotatable bonds is 4. The summed E-state index contributed by atoms with van der Waals surface area (Å²) in [7, 11) is 3.89. The number of carbonyl (C=O) groups is 1. The van der Waals surface area contributed by atoms with Crippen molar-refractivity contribution in [3.05, 3.63) is 58.6 Å². The summed E-state index contributed by atoms with van der Waals surface area (Å²) in [5.41, 5.74) is 4.23. The summed E-state index contributed by atoms with van der Waals surface area (Å²) in [4.78, 5) is 17.0. The topological polar surface area (TPSA) is 35.6 Å². The quantitative estimate of drug-likeness (QED) is 0.904. The molecular weight excluding hydrogens is 334 g/mol. The maximum Gasteiger partial charge on any atom is 0.242 e. The van der Waals surface area contributed by atoms with Gasteiger partial charge in [-0.05, 0) is 42.3 Å². The zero-order chi connectivity index (χ0) is 18.0. The molecule has 0 aromatic heterocycles. The van der Waals surface area contributed by atoms with Crippen molar-refractivity contribution in [2.24, 2.45) is 0 Å². The van der Waals surface area contributed by atoms with Gasteiger partial charge in [0.1, 0.15) is 0 Å². The lowest BCUT2D eigenvalue weighted by atomic mass is 9.93. The third kappa shape index (κ3) is 3.80. The highest BCUT2D eigenvalue weighted by Crippen LogP contribution is 2.28. The smallest absolute Gasteiger partial charge is 0.242 e. The first-order chi connectivity index (χ1) is 12.0. The van der Waals surface area contributed by atoms with Gasteiger partial charge in [-0.25, -0.2) is 0 Å². The predicted octanol–water partition coefficient (Wildman–Crippen LogP) is 3.79. The van der Waals surface area contributed by atoms with E-state index in [1.54, 1.807) is 0 Å². The van der Waals surface area contributed by atoms with E-state index >= 15 is 0 Å². The minimum Gasteiger partial charge on any atom is -0.376 e. The fraction of sp³-hybridized carbons (Fsp3) is 0.350. The Bertz CT molecular complexity index is 775. The summed E-state index contributed by atoms with van der Waals surface area (Å²) in [6, 6.07) is 13.8. The first-order valence-electron chi connectivity index (χ1n) is 8.58. The normalized spacial score (nSPS) is 17.0. The number of likely N-dealkylation sites (N-methyl/N-ethyl adjacent to an activating group) is 1. The van der Waals surface area contributed by atoms with Crippen LogP contribution < -0.4 is 10.2 Å². The highest BCUT2D eigenvalue weighted by Gasteiger charge is 2.30. The lowest BCUT2D eigenvalue weighted by molar-refractivity contribution is -0.121. The van der Waals surface area contributed by atoms with Crippen molar-refractivity contribution in [3.63, 3.8) is 0 Å². The lowest BCUT2D eigenvalue weighted by Crippen LogP contribution is -2.47. The molecule has 0 saturated heterocycles. The Hall–Kier alpha value is -2.04. The van der Waals surface area contributed by atoms with Crippen molar-refractivity contribution in [2.75, 3.05) is 30.9 Å². The molecule has 2 aromatic rings. The zero-order valence-electron chi connectivity index (χ0n) is 14.9. The molecule has 25 heavy (non-hydrogen) atoms. The largest absolute Gasteiger partial charge is 0.376 e. The minimum atomic E-state index is -0.160. The third-order valence-corrected chi connectivity index (χ3v) is 5.05. The van der Waals surface area contributed by atoms with E-state index in [0.29, 0.717) is 5.02 Å². The Balaban J connectivity index is 1.77. The summed E-state index contributed by atoms with van der Waals surface area (Å²) in [6.45, 7) is 3.74. The number of nitrogens with zero attached hydrogens (tertiary/aromatic N) is 2. The molecule has 1 aliphatic rings. The van der Waals surface area contributed by atoms with Crippen LogP contribution in [-0.2, 0) is 17.8 Å². The van der Waals surface area contributed by atoms with E-state index in [4.69, 9.17) is 11.6 Å². The highest BCUT2D eigenvalue weighted by molar-refractivity contribution is 6.33. The van der Waals surface area contributed by atoms with Crippen molar-refractivity contribution < 1.29 is 4.79 Å². The number of benzene rings is 2. The molecule has 1 heterocycles. The maximum atomic E-state index is 12.9. The number of amides is 1. The maximum absolute atomic E-state index is 12.9. The molecule has 2 aromatic carbocycles. The van der Waals surface area contributed by atoms with Gasteiger partial charge < -0.3 is 10.2 Å². The molecule has 0 bridgehead atoms. The van der Waals surface area contributed by atoms with Crippen molar-refractivity contribution >= 4 is 28.9 Å². The number of carbonyl (C=O) groups excluding carboxylic acids is 1. The van der Waals surface area contributed by atoms with Gasteiger partial charge in [-0.15, -0.1) is 0 Å². The highest BCUT2D eigenvalue weighted by atomic mass is 35.5. The average Bonchev–Trinajstić information content (AvgIpc) is 2.60. The molecule has 1 amide bonds. The van der Waals surface area contributed by atoms with Crippen molar-refractivity contribution in [1.82, 2.24) is 4.90 Å². The monoisotopic (exact) mass is 357 g/mol. The van der Waals surface area contributed by atoms with E-state index in [0.717, 1.165) is 30.9 Å². The zero-order valence-corrected chi connectivity index (χ0v) is 15.7. The molecule has 3 rings (SSSR count). The van der Waals surface area contributed by atoms with Crippen LogP contribution in [0.15, 0.2) is 42.5 Å². The second-order valence-corrected chi connectivity index (χ2v) is 7.01. The van der Waals surface area contributed by atoms with E-state index in [-0.39, 0.29) is 11.9 Å². The molecule has 1 aliphatic heterocycles. The van der Waals surface area contributed by atoms with Crippen LogP contribution in [0.3, 0.4) is 0 Å². The van der Waals surface area contributed by atoms with Crippen molar-refractivity contribution in [3.8, 4) is 0 Å². The Labute approximate surface area is 154 Å². The van der Waals surface area contributed by atoms with Gasteiger partial charge in [0, 0.05) is 26.3 Å². The summed E-state index contributed by atoms with van der Waals surface area (Å²) < 4.78 is 0. The van der Waals surface area contributed by atoms with E-state index < -0.39 is 0 Å². The Morgan fingerprint density at radius 2 is 1.96 bits per heavy atom. The first-order valence-corrected chi connectivity index (χ1v) is 8.96. The summed E-state index contributed by atoms with van der Waals surface area (Å²) in [5, 5.41) is 3.66. The van der Waals surface area contributed by atoms with Gasteiger partial charge in [-0.3, -0.25) is 9.69 Å². The SMILES string of the molecule is CCN1Cc2ccccc2CC1C(=O)Nc1ccc(N(C)C)c(Cl)c1. The molecule has 132 valence electrons. The van der Waals surface area contributed by atoms with Crippen molar-refractivity contribution in [1.29, 1.82) is 0 Å². The van der Waals surface area contributed by atoms with E-state index in [1.807, 2.05) is 43.3 Å². The van der Waals surface area contributed by atoms with E-state index in [1.165, 1.54) is 11.1 Å². The van der Waals surface area contributed by atoms with Gasteiger partial charge in [-0.2, -0.15) is 0 Å². The van der Waals surface area contributed by atoms with E-state index in [9.17, 15) is 4.79 Å². The van der Waals surface area contributed by atoms with Crippen molar-refractivity contribution in [2.45, 2.75) is 25.9 Å². The van der Waals surface area contributed by atoms with Crippen LogP contribution in [0.25, 0.3) is 0 Å². The number of hydrogen-bond donors (Lipinski definition) is 1. The summed E-state index contributed by atoms with van der Waals surface area (Å²) >= 11 is 6.31.